The average molecular weight is 399 g/mol. The van der Waals surface area contributed by atoms with Gasteiger partial charge < -0.3 is 14.6 Å². The molecule has 0 saturated carbocycles. The monoisotopic (exact) mass is 399 g/mol. The zero-order valence-corrected chi connectivity index (χ0v) is 15.3. The molecule has 8 heteroatoms. The fourth-order valence-electron chi connectivity index (χ4n) is 3.33. The molecular formula is C21H16F3N3O2. The number of carbonyl (C=O) groups excluding carboxylic acids is 1. The molecule has 2 aromatic carbocycles. The van der Waals surface area contributed by atoms with Gasteiger partial charge in [-0.2, -0.15) is 0 Å². The molecule has 0 fully saturated rings. The maximum Gasteiger partial charge on any atom is 0.573 e. The van der Waals surface area contributed by atoms with E-state index < -0.39 is 6.36 Å². The topological polar surface area (TPSA) is 56.2 Å². The summed E-state index contributed by atoms with van der Waals surface area (Å²) in [4.78, 5) is 16.7. The van der Waals surface area contributed by atoms with Crippen molar-refractivity contribution in [1.82, 2.24) is 14.9 Å². The van der Waals surface area contributed by atoms with E-state index in [4.69, 9.17) is 0 Å². The molecule has 0 aliphatic rings. The van der Waals surface area contributed by atoms with E-state index in [1.807, 2.05) is 23.7 Å². The van der Waals surface area contributed by atoms with Crippen LogP contribution in [0.5, 0.6) is 5.75 Å². The smallest absolute Gasteiger partial charge is 0.406 e. The Hall–Kier alpha value is -3.55. The molecule has 2 heterocycles. The van der Waals surface area contributed by atoms with Gasteiger partial charge in [0.25, 0.3) is 5.91 Å². The second-order valence-electron chi connectivity index (χ2n) is 6.56. The van der Waals surface area contributed by atoms with Crippen molar-refractivity contribution in [3.8, 4) is 5.75 Å². The molecule has 0 aliphatic carbocycles. The number of nitrogens with one attached hydrogen (secondary N) is 1. The van der Waals surface area contributed by atoms with Gasteiger partial charge in [0.2, 0.25) is 0 Å². The van der Waals surface area contributed by atoms with Crippen molar-refractivity contribution >= 4 is 27.7 Å². The number of carbonyl (C=O) groups is 1. The normalized spacial score (nSPS) is 11.7. The lowest BCUT2D eigenvalue weighted by atomic mass is 10.1. The number of aryl methyl sites for hydroxylation is 1. The molecule has 0 atom stereocenters. The van der Waals surface area contributed by atoms with E-state index >= 15 is 0 Å². The fourth-order valence-corrected chi connectivity index (χ4v) is 3.33. The van der Waals surface area contributed by atoms with Crippen LogP contribution in [0.4, 0.5) is 13.2 Å². The molecule has 0 radical (unpaired) electrons. The molecule has 0 saturated heterocycles. The molecule has 0 unspecified atom stereocenters. The Labute approximate surface area is 163 Å². The van der Waals surface area contributed by atoms with Crippen molar-refractivity contribution in [2.75, 3.05) is 0 Å². The Kier molecular flexibility index (Phi) is 4.62. The van der Waals surface area contributed by atoms with Crippen LogP contribution in [0.1, 0.15) is 15.9 Å². The van der Waals surface area contributed by atoms with Crippen LogP contribution in [-0.4, -0.2) is 21.8 Å². The number of benzene rings is 2. The van der Waals surface area contributed by atoms with Gasteiger partial charge in [0.15, 0.2) is 0 Å². The molecule has 148 valence electrons. The van der Waals surface area contributed by atoms with Gasteiger partial charge in [-0.15, -0.1) is 13.2 Å². The van der Waals surface area contributed by atoms with E-state index in [1.165, 1.54) is 18.2 Å². The van der Waals surface area contributed by atoms with Gasteiger partial charge in [0.05, 0.1) is 11.7 Å². The van der Waals surface area contributed by atoms with E-state index in [0.717, 1.165) is 21.8 Å². The number of rotatable bonds is 4. The highest BCUT2D eigenvalue weighted by molar-refractivity contribution is 6.09. The van der Waals surface area contributed by atoms with Crippen LogP contribution in [-0.2, 0) is 13.6 Å². The van der Waals surface area contributed by atoms with E-state index in [1.54, 1.807) is 30.6 Å². The first kappa shape index (κ1) is 18.8. The highest BCUT2D eigenvalue weighted by Gasteiger charge is 2.31. The van der Waals surface area contributed by atoms with Crippen LogP contribution in [0.25, 0.3) is 21.8 Å². The van der Waals surface area contributed by atoms with Crippen LogP contribution in [0.2, 0.25) is 0 Å². The first-order chi connectivity index (χ1) is 13.8. The van der Waals surface area contributed by atoms with Crippen LogP contribution >= 0.6 is 0 Å². The van der Waals surface area contributed by atoms with E-state index in [2.05, 4.69) is 15.0 Å². The third-order valence-corrected chi connectivity index (χ3v) is 4.66. The predicted octanol–water partition coefficient (Wildman–Crippen LogP) is 4.56. The molecule has 0 bridgehead atoms. The summed E-state index contributed by atoms with van der Waals surface area (Å²) in [5, 5.41) is 4.79. The van der Waals surface area contributed by atoms with Gasteiger partial charge in [-0.3, -0.25) is 9.78 Å². The third kappa shape index (κ3) is 3.87. The lowest BCUT2D eigenvalue weighted by molar-refractivity contribution is -0.274. The van der Waals surface area contributed by atoms with Crippen molar-refractivity contribution in [1.29, 1.82) is 0 Å². The van der Waals surface area contributed by atoms with Crippen molar-refractivity contribution in [2.45, 2.75) is 12.9 Å². The number of pyridine rings is 1. The number of amides is 1. The summed E-state index contributed by atoms with van der Waals surface area (Å²) >= 11 is 0. The van der Waals surface area contributed by atoms with Crippen LogP contribution in [0, 0.1) is 0 Å². The van der Waals surface area contributed by atoms with Crippen molar-refractivity contribution < 1.29 is 22.7 Å². The molecule has 4 aromatic rings. The molecule has 4 rings (SSSR count). The van der Waals surface area contributed by atoms with Gasteiger partial charge in [-0.25, -0.2) is 0 Å². The summed E-state index contributed by atoms with van der Waals surface area (Å²) in [5.41, 5.74) is 2.80. The summed E-state index contributed by atoms with van der Waals surface area (Å²) in [6.45, 7) is 0.0744. The number of aromatic nitrogens is 2. The number of hydrogen-bond acceptors (Lipinski definition) is 3. The SMILES string of the molecule is Cn1c2cnccc2c2ccc(C(=O)NCc3cccc(OC(F)(F)F)c3)cc21. The minimum atomic E-state index is -4.76. The van der Waals surface area contributed by atoms with E-state index in [0.29, 0.717) is 11.1 Å². The largest absolute Gasteiger partial charge is 0.573 e. The maximum atomic E-state index is 12.6. The van der Waals surface area contributed by atoms with Gasteiger partial charge in [-0.1, -0.05) is 18.2 Å². The molecule has 1 N–H and O–H groups in total. The van der Waals surface area contributed by atoms with Crippen molar-refractivity contribution in [2.24, 2.45) is 7.05 Å². The molecule has 0 aliphatic heterocycles. The minimum absolute atomic E-state index is 0.0744. The highest BCUT2D eigenvalue weighted by atomic mass is 19.4. The lowest BCUT2D eigenvalue weighted by Crippen LogP contribution is -2.23. The minimum Gasteiger partial charge on any atom is -0.406 e. The second kappa shape index (κ2) is 7.12. The Balaban J connectivity index is 1.53. The lowest BCUT2D eigenvalue weighted by Gasteiger charge is -2.11. The molecule has 29 heavy (non-hydrogen) atoms. The van der Waals surface area contributed by atoms with Gasteiger partial charge in [-0.05, 0) is 35.9 Å². The molecule has 0 spiro atoms. The Bertz CT molecular complexity index is 1210. The fraction of sp³-hybridized carbons (Fsp3) is 0.143. The Morgan fingerprint density at radius 1 is 1.10 bits per heavy atom. The summed E-state index contributed by atoms with van der Waals surface area (Å²) in [6.07, 6.45) is -1.27. The van der Waals surface area contributed by atoms with Crippen LogP contribution in [0.15, 0.2) is 60.9 Å². The summed E-state index contributed by atoms with van der Waals surface area (Å²) < 4.78 is 42.9. The number of hydrogen-bond donors (Lipinski definition) is 1. The van der Waals surface area contributed by atoms with E-state index in [-0.39, 0.29) is 18.2 Å². The Morgan fingerprint density at radius 3 is 2.69 bits per heavy atom. The van der Waals surface area contributed by atoms with Crippen molar-refractivity contribution in [3.63, 3.8) is 0 Å². The van der Waals surface area contributed by atoms with Crippen molar-refractivity contribution in [3.05, 3.63) is 72.1 Å². The summed E-state index contributed by atoms with van der Waals surface area (Å²) in [7, 11) is 1.90. The standard InChI is InChI=1S/C21H16F3N3O2/c1-27-18-10-14(5-6-16(18)17-7-8-25-12-19(17)27)20(28)26-11-13-3-2-4-15(9-13)29-21(22,23)24/h2-10,12H,11H2,1H3,(H,26,28). The molecule has 5 nitrogen and oxygen atoms in total. The number of alkyl halides is 3. The van der Waals surface area contributed by atoms with Gasteiger partial charge in [0.1, 0.15) is 5.75 Å². The van der Waals surface area contributed by atoms with Crippen LogP contribution < -0.4 is 10.1 Å². The maximum absolute atomic E-state index is 12.6. The van der Waals surface area contributed by atoms with E-state index in [9.17, 15) is 18.0 Å². The number of ether oxygens (including phenoxy) is 1. The van der Waals surface area contributed by atoms with Crippen LogP contribution in [0.3, 0.4) is 0 Å². The number of halogens is 3. The quantitative estimate of drug-likeness (QED) is 0.548. The first-order valence-corrected chi connectivity index (χ1v) is 8.77. The summed E-state index contributed by atoms with van der Waals surface area (Å²) in [6, 6.07) is 12.8. The Morgan fingerprint density at radius 2 is 1.90 bits per heavy atom. The van der Waals surface area contributed by atoms with Gasteiger partial charge >= 0.3 is 6.36 Å². The zero-order chi connectivity index (χ0) is 20.6. The third-order valence-electron chi connectivity index (χ3n) is 4.66. The molecular weight excluding hydrogens is 383 g/mol. The zero-order valence-electron chi connectivity index (χ0n) is 15.3. The first-order valence-electron chi connectivity index (χ1n) is 8.77. The van der Waals surface area contributed by atoms with Gasteiger partial charge in [0, 0.05) is 41.6 Å². The number of fused-ring (bicyclic) bond motifs is 3. The number of nitrogens with zero attached hydrogens (tertiary/aromatic N) is 2. The molecule has 2 aromatic heterocycles. The highest BCUT2D eigenvalue weighted by Crippen LogP contribution is 2.28. The summed E-state index contributed by atoms with van der Waals surface area (Å²) in [5.74, 6) is -0.646. The molecule has 1 amide bonds. The predicted molar refractivity (Wildman–Crippen MR) is 103 cm³/mol. The average Bonchev–Trinajstić information content (AvgIpc) is 2.97. The second-order valence-corrected chi connectivity index (χ2v) is 6.56.